The fourth-order valence-corrected chi connectivity index (χ4v) is 5.10. The van der Waals surface area contributed by atoms with Crippen molar-refractivity contribution in [3.05, 3.63) is 108 Å². The highest BCUT2D eigenvalue weighted by atomic mass is 31.2. The first-order valence-corrected chi connectivity index (χ1v) is 13.9. The molecule has 1 heterocycles. The first-order chi connectivity index (χ1) is 18.3. The van der Waals surface area contributed by atoms with Crippen molar-refractivity contribution in [2.45, 2.75) is 58.1 Å². The summed E-state index contributed by atoms with van der Waals surface area (Å²) in [7, 11) is -3.98. The van der Waals surface area contributed by atoms with Crippen LogP contribution in [0.3, 0.4) is 0 Å². The topological polar surface area (TPSA) is 84.8 Å². The van der Waals surface area contributed by atoms with Crippen molar-refractivity contribution in [1.29, 1.82) is 0 Å². The number of benzene rings is 3. The summed E-state index contributed by atoms with van der Waals surface area (Å²) >= 11 is 0. The second-order valence-electron chi connectivity index (χ2n) is 9.55. The Morgan fingerprint density at radius 3 is 1.74 bits per heavy atom. The maximum atomic E-state index is 13.7. The predicted molar refractivity (Wildman–Crippen MR) is 144 cm³/mol. The first kappa shape index (κ1) is 28.2. The van der Waals surface area contributed by atoms with Gasteiger partial charge in [-0.2, -0.15) is 0 Å². The molecule has 8 nitrogen and oxygen atoms in total. The second kappa shape index (κ2) is 12.8. The summed E-state index contributed by atoms with van der Waals surface area (Å²) in [5.41, 5.74) is 1.66. The normalized spacial score (nSPS) is 21.1. The smallest absolute Gasteiger partial charge is 0.391 e. The molecule has 0 saturated carbocycles. The number of rotatable bonds is 13. The summed E-state index contributed by atoms with van der Waals surface area (Å²) in [5.74, 6) is -0.923. The lowest BCUT2D eigenvalue weighted by molar-refractivity contribution is -0.152. The molecule has 1 aliphatic rings. The van der Waals surface area contributed by atoms with Crippen LogP contribution >= 0.6 is 7.82 Å². The largest absolute Gasteiger partial charge is 0.475 e. The molecule has 0 aromatic heterocycles. The van der Waals surface area contributed by atoms with Crippen LogP contribution in [0.5, 0.6) is 0 Å². The summed E-state index contributed by atoms with van der Waals surface area (Å²) in [6.45, 7) is 5.72. The number of phosphoric ester groups is 1. The molecule has 0 N–H and O–H groups in total. The molecule has 38 heavy (non-hydrogen) atoms. The van der Waals surface area contributed by atoms with Gasteiger partial charge in [-0.25, -0.2) is 4.57 Å². The van der Waals surface area contributed by atoms with Crippen LogP contribution in [0.2, 0.25) is 0 Å². The van der Waals surface area contributed by atoms with E-state index in [1.807, 2.05) is 97.9 Å². The van der Waals surface area contributed by atoms with Gasteiger partial charge in [-0.1, -0.05) is 96.2 Å². The molecule has 0 unspecified atom stereocenters. The van der Waals surface area contributed by atoms with E-state index in [2.05, 4.69) is 5.16 Å². The molecule has 3 aromatic carbocycles. The Balaban J connectivity index is 1.42. The first-order valence-electron chi connectivity index (χ1n) is 12.5. The Hall–Kier alpha value is -2.84. The highest BCUT2D eigenvalue weighted by Gasteiger charge is 2.50. The Labute approximate surface area is 224 Å². The molecule has 2 atom stereocenters. The molecule has 4 rings (SSSR count). The minimum Gasteiger partial charge on any atom is -0.391 e. The van der Waals surface area contributed by atoms with Crippen molar-refractivity contribution in [2.24, 2.45) is 5.16 Å². The number of nitrogens with zero attached hydrogens (tertiary/aromatic N) is 1. The molecule has 1 saturated heterocycles. The lowest BCUT2D eigenvalue weighted by Crippen LogP contribution is -2.41. The maximum Gasteiger partial charge on any atom is 0.475 e. The maximum absolute atomic E-state index is 13.7. The van der Waals surface area contributed by atoms with Gasteiger partial charge < -0.3 is 14.3 Å². The molecule has 3 aromatic rings. The zero-order valence-corrected chi connectivity index (χ0v) is 22.8. The molecule has 9 heteroatoms. The molecule has 0 spiro atoms. The summed E-state index contributed by atoms with van der Waals surface area (Å²) in [5, 5.41) is 4.12. The highest BCUT2D eigenvalue weighted by Crippen LogP contribution is 2.52. The van der Waals surface area contributed by atoms with Gasteiger partial charge >= 0.3 is 7.82 Å². The van der Waals surface area contributed by atoms with Gasteiger partial charge in [0.05, 0.1) is 26.0 Å². The van der Waals surface area contributed by atoms with Gasteiger partial charge in [0.15, 0.2) is 5.79 Å². The molecule has 0 radical (unpaired) electrons. The van der Waals surface area contributed by atoms with Crippen LogP contribution in [0.1, 0.15) is 37.5 Å². The van der Waals surface area contributed by atoms with Crippen molar-refractivity contribution < 1.29 is 32.4 Å². The van der Waals surface area contributed by atoms with Gasteiger partial charge in [0.1, 0.15) is 18.3 Å². The van der Waals surface area contributed by atoms with Crippen molar-refractivity contribution in [2.75, 3.05) is 6.61 Å². The Morgan fingerprint density at radius 2 is 1.24 bits per heavy atom. The van der Waals surface area contributed by atoms with E-state index >= 15 is 0 Å². The summed E-state index contributed by atoms with van der Waals surface area (Å²) in [6.07, 6.45) is 0.884. The van der Waals surface area contributed by atoms with E-state index in [0.717, 1.165) is 16.7 Å². The molecule has 0 aliphatic carbocycles. The summed E-state index contributed by atoms with van der Waals surface area (Å²) in [4.78, 5) is 5.47. The third kappa shape index (κ3) is 8.33. The van der Waals surface area contributed by atoms with Gasteiger partial charge in [-0.3, -0.25) is 13.6 Å². The van der Waals surface area contributed by atoms with E-state index in [4.69, 9.17) is 27.9 Å². The molecule has 0 amide bonds. The number of hydrogen-bond donors (Lipinski definition) is 0. The molecule has 0 bridgehead atoms. The Kier molecular flexibility index (Phi) is 9.49. The molecule has 1 aliphatic heterocycles. The fraction of sp³-hybridized carbons (Fsp3) is 0.345. The van der Waals surface area contributed by atoms with Crippen LogP contribution in [0.25, 0.3) is 0 Å². The van der Waals surface area contributed by atoms with E-state index in [-0.39, 0.29) is 19.8 Å². The average Bonchev–Trinajstić information content (AvgIpc) is 3.17. The number of hydrogen-bond acceptors (Lipinski definition) is 8. The average molecular weight is 540 g/mol. The van der Waals surface area contributed by atoms with Crippen LogP contribution in [0.15, 0.2) is 96.2 Å². The van der Waals surface area contributed by atoms with Crippen LogP contribution in [-0.2, 0) is 52.3 Å². The minimum absolute atomic E-state index is 0.0620. The Bertz CT molecular complexity index is 1160. The highest BCUT2D eigenvalue weighted by molar-refractivity contribution is 7.48. The zero-order valence-electron chi connectivity index (χ0n) is 21.9. The number of ether oxygens (including phenoxy) is 2. The van der Waals surface area contributed by atoms with E-state index in [9.17, 15) is 4.57 Å². The number of phosphoric acid groups is 1. The second-order valence-corrected chi connectivity index (χ2v) is 11.2. The van der Waals surface area contributed by atoms with Crippen molar-refractivity contribution in [3.63, 3.8) is 0 Å². The van der Waals surface area contributed by atoms with Gasteiger partial charge in [0, 0.05) is 0 Å². The van der Waals surface area contributed by atoms with Gasteiger partial charge in [-0.05, 0) is 37.5 Å². The quantitative estimate of drug-likeness (QED) is 0.136. The van der Waals surface area contributed by atoms with Crippen LogP contribution < -0.4 is 0 Å². The van der Waals surface area contributed by atoms with Crippen molar-refractivity contribution in [3.8, 4) is 0 Å². The monoisotopic (exact) mass is 539 g/mol. The van der Waals surface area contributed by atoms with Gasteiger partial charge in [-0.15, -0.1) is 0 Å². The van der Waals surface area contributed by atoms with E-state index < -0.39 is 25.3 Å². The van der Waals surface area contributed by atoms with Gasteiger partial charge in [0.2, 0.25) is 0 Å². The zero-order chi connectivity index (χ0) is 26.9. The fourth-order valence-electron chi connectivity index (χ4n) is 3.94. The van der Waals surface area contributed by atoms with Crippen LogP contribution in [0, 0.1) is 0 Å². The number of oxime groups is 1. The third-order valence-electron chi connectivity index (χ3n) is 5.84. The minimum atomic E-state index is -3.98. The summed E-state index contributed by atoms with van der Waals surface area (Å²) in [6, 6.07) is 28.5. The van der Waals surface area contributed by atoms with Crippen molar-refractivity contribution >= 4 is 14.0 Å². The molecule has 202 valence electrons. The van der Waals surface area contributed by atoms with Crippen LogP contribution in [-0.4, -0.2) is 30.3 Å². The van der Waals surface area contributed by atoms with E-state index in [1.54, 1.807) is 20.1 Å². The third-order valence-corrected chi connectivity index (χ3v) is 7.19. The lowest BCUT2D eigenvalue weighted by Gasteiger charge is -2.25. The van der Waals surface area contributed by atoms with E-state index in [0.29, 0.717) is 6.61 Å². The Morgan fingerprint density at radius 1 is 0.763 bits per heavy atom. The van der Waals surface area contributed by atoms with E-state index in [1.165, 1.54) is 0 Å². The standard InChI is InChI=1S/C29H34NO7P/c1-28(2)36-27(29(3,37-28)23-30-32-19-24-13-7-4-8-14-24)22-35-38(31,33-20-25-15-9-5-10-16-25)34-21-26-17-11-6-12-18-26/h4-18,23,27H,19-22H2,1-3H3/b30-23+/t27-,29-/m1/s1. The SMILES string of the molecule is CC1(C)O[C@H](COP(=O)(OCc2ccccc2)OCc2ccccc2)[C@@](C)(/C=N/OCc2ccccc2)O1. The van der Waals surface area contributed by atoms with Crippen molar-refractivity contribution in [1.82, 2.24) is 0 Å². The molecular formula is C29H34NO7P. The van der Waals surface area contributed by atoms with Crippen LogP contribution in [0.4, 0.5) is 0 Å². The summed E-state index contributed by atoms with van der Waals surface area (Å²) < 4.78 is 43.1. The van der Waals surface area contributed by atoms with Gasteiger partial charge in [0.25, 0.3) is 0 Å². The lowest BCUT2D eigenvalue weighted by atomic mass is 10.0. The molecule has 1 fully saturated rings. The molecular weight excluding hydrogens is 505 g/mol. The predicted octanol–water partition coefficient (Wildman–Crippen LogP) is 6.66.